The molecule has 0 radical (unpaired) electrons. The van der Waals surface area contributed by atoms with Crippen molar-refractivity contribution in [1.82, 2.24) is 4.57 Å². The van der Waals surface area contributed by atoms with Crippen LogP contribution in [0.1, 0.15) is 71.6 Å². The Labute approximate surface area is 184 Å². The molecule has 5 N–H and O–H groups in total. The van der Waals surface area contributed by atoms with Crippen LogP contribution in [0, 0.1) is 12.3 Å². The molecule has 6 nitrogen and oxygen atoms in total. The van der Waals surface area contributed by atoms with E-state index >= 15 is 0 Å². The highest BCUT2D eigenvalue weighted by atomic mass is 32.1. The van der Waals surface area contributed by atoms with Gasteiger partial charge in [0.2, 0.25) is 5.43 Å². The molecule has 0 amide bonds. The molecule has 1 atom stereocenters. The molecular weight excluding hydrogens is 410 g/mol. The molecule has 0 spiro atoms. The number of rotatable bonds is 3. The molecule has 3 aromatic rings. The summed E-state index contributed by atoms with van der Waals surface area (Å²) in [5.41, 5.74) is 16.6. The fraction of sp³-hybridized carbons (Fsp3) is 0.417. The van der Waals surface area contributed by atoms with Crippen molar-refractivity contribution in [2.45, 2.75) is 58.5 Å². The van der Waals surface area contributed by atoms with Crippen LogP contribution in [-0.2, 0) is 6.42 Å². The number of carbonyl (C=O) groups is 1. The Bertz CT molecular complexity index is 1310. The van der Waals surface area contributed by atoms with Gasteiger partial charge in [0, 0.05) is 33.7 Å². The molecule has 2 aliphatic carbocycles. The number of carboxylic acid groups (broad SMARTS) is 1. The zero-order valence-electron chi connectivity index (χ0n) is 18.0. The highest BCUT2D eigenvalue weighted by Gasteiger charge is 2.35. The maximum atomic E-state index is 13.0. The van der Waals surface area contributed by atoms with E-state index in [1.54, 1.807) is 11.3 Å². The van der Waals surface area contributed by atoms with Crippen molar-refractivity contribution in [3.05, 3.63) is 50.1 Å². The zero-order valence-corrected chi connectivity index (χ0v) is 18.8. The molecule has 0 saturated heterocycles. The van der Waals surface area contributed by atoms with Crippen molar-refractivity contribution >= 4 is 33.9 Å². The quantitative estimate of drug-likeness (QED) is 0.518. The molecule has 2 heterocycles. The van der Waals surface area contributed by atoms with Crippen LogP contribution in [0.2, 0.25) is 0 Å². The van der Waals surface area contributed by atoms with Crippen molar-refractivity contribution in [2.24, 2.45) is 11.1 Å². The average Bonchev–Trinajstić information content (AvgIpc) is 3.46. The van der Waals surface area contributed by atoms with Gasteiger partial charge in [-0.2, -0.15) is 0 Å². The van der Waals surface area contributed by atoms with Gasteiger partial charge >= 0.3 is 5.97 Å². The molecular formula is C24H27N3O3S. The zero-order chi connectivity index (χ0) is 22.2. The summed E-state index contributed by atoms with van der Waals surface area (Å²) in [6, 6.07) is 4.25. The molecule has 0 aliphatic heterocycles. The van der Waals surface area contributed by atoms with Gasteiger partial charge in [0.25, 0.3) is 0 Å². The third-order valence-electron chi connectivity index (χ3n) is 7.02. The van der Waals surface area contributed by atoms with E-state index in [0.717, 1.165) is 47.2 Å². The number of hydrogen-bond acceptors (Lipinski definition) is 5. The number of aromatic carboxylic acids is 1. The molecule has 31 heavy (non-hydrogen) atoms. The molecule has 1 unspecified atom stereocenters. The number of nitrogen functional groups attached to an aromatic ring is 1. The van der Waals surface area contributed by atoms with Crippen molar-refractivity contribution in [3.63, 3.8) is 0 Å². The Morgan fingerprint density at radius 3 is 2.65 bits per heavy atom. The highest BCUT2D eigenvalue weighted by Crippen LogP contribution is 2.48. The van der Waals surface area contributed by atoms with Crippen LogP contribution >= 0.6 is 11.3 Å². The molecule has 2 aliphatic rings. The van der Waals surface area contributed by atoms with Crippen LogP contribution in [0.15, 0.2) is 23.1 Å². The maximum Gasteiger partial charge on any atom is 0.341 e. The normalized spacial score (nSPS) is 20.1. The number of fused-ring (bicyclic) bond motifs is 2. The van der Waals surface area contributed by atoms with Crippen molar-refractivity contribution < 1.29 is 9.90 Å². The van der Waals surface area contributed by atoms with Gasteiger partial charge in [0.1, 0.15) is 5.56 Å². The molecule has 162 valence electrons. The Hall–Kier alpha value is -2.64. The number of nitrogens with two attached hydrogens (primary N) is 2. The summed E-state index contributed by atoms with van der Waals surface area (Å²) in [6.45, 7) is 6.43. The van der Waals surface area contributed by atoms with E-state index in [0.29, 0.717) is 11.1 Å². The van der Waals surface area contributed by atoms with E-state index in [1.807, 2.05) is 17.6 Å². The first-order valence-electron chi connectivity index (χ1n) is 10.7. The predicted molar refractivity (Wildman–Crippen MR) is 125 cm³/mol. The molecule has 0 bridgehead atoms. The van der Waals surface area contributed by atoms with Gasteiger partial charge in [0.05, 0.1) is 10.9 Å². The van der Waals surface area contributed by atoms with Gasteiger partial charge in [-0.25, -0.2) is 4.79 Å². The van der Waals surface area contributed by atoms with Crippen LogP contribution in [0.3, 0.4) is 0 Å². The second kappa shape index (κ2) is 6.68. The Morgan fingerprint density at radius 1 is 1.29 bits per heavy atom. The van der Waals surface area contributed by atoms with Gasteiger partial charge in [-0.1, -0.05) is 13.8 Å². The summed E-state index contributed by atoms with van der Waals surface area (Å²) in [5.74, 6) is -1.22. The standard InChI is InChI=1S/C24H27N3O3S/c1-11-14(17-8-12-6-7-24(2,3)22(26)21(12)31-17)9-16(25)18-19(11)27(13-4-5-13)10-15(20(18)28)23(29)30/h8-10,13,22H,4-7,25-26H2,1-3H3,(H,29,30). The highest BCUT2D eigenvalue weighted by molar-refractivity contribution is 7.15. The number of pyridine rings is 1. The Morgan fingerprint density at radius 2 is 2.00 bits per heavy atom. The second-order valence-electron chi connectivity index (χ2n) is 9.64. The van der Waals surface area contributed by atoms with Crippen molar-refractivity contribution in [2.75, 3.05) is 5.73 Å². The summed E-state index contributed by atoms with van der Waals surface area (Å²) >= 11 is 1.71. The van der Waals surface area contributed by atoms with Gasteiger partial charge in [0.15, 0.2) is 0 Å². The summed E-state index contributed by atoms with van der Waals surface area (Å²) in [7, 11) is 0. The van der Waals surface area contributed by atoms with Crippen molar-refractivity contribution in [3.8, 4) is 10.4 Å². The lowest BCUT2D eigenvalue weighted by Gasteiger charge is -2.35. The number of anilines is 1. The predicted octanol–water partition coefficient (Wildman–Crippen LogP) is 4.63. The molecule has 1 saturated carbocycles. The molecule has 1 fully saturated rings. The lowest BCUT2D eigenvalue weighted by atomic mass is 9.74. The maximum absolute atomic E-state index is 13.0. The summed E-state index contributed by atoms with van der Waals surface area (Å²) in [5, 5.41) is 9.85. The first-order chi connectivity index (χ1) is 14.6. The van der Waals surface area contributed by atoms with Gasteiger partial charge < -0.3 is 21.1 Å². The molecule has 2 aromatic heterocycles. The number of thiophene rings is 1. The van der Waals surface area contributed by atoms with E-state index in [-0.39, 0.29) is 23.1 Å². The number of hydrogen-bond donors (Lipinski definition) is 3. The third-order valence-corrected chi connectivity index (χ3v) is 8.32. The van der Waals surface area contributed by atoms with Crippen molar-refractivity contribution in [1.29, 1.82) is 0 Å². The average molecular weight is 438 g/mol. The summed E-state index contributed by atoms with van der Waals surface area (Å²) in [4.78, 5) is 27.0. The van der Waals surface area contributed by atoms with Crippen LogP contribution in [0.25, 0.3) is 21.3 Å². The first kappa shape index (κ1) is 20.3. The third kappa shape index (κ3) is 3.02. The lowest BCUT2D eigenvalue weighted by Crippen LogP contribution is -2.32. The lowest BCUT2D eigenvalue weighted by molar-refractivity contribution is 0.0695. The monoisotopic (exact) mass is 437 g/mol. The van der Waals surface area contributed by atoms with Crippen LogP contribution in [0.4, 0.5) is 5.69 Å². The Balaban J connectivity index is 1.77. The van der Waals surface area contributed by atoms with Gasteiger partial charge in [-0.05, 0) is 66.8 Å². The number of benzene rings is 1. The van der Waals surface area contributed by atoms with Crippen LogP contribution < -0.4 is 16.9 Å². The topological polar surface area (TPSA) is 111 Å². The van der Waals surface area contributed by atoms with Crippen LogP contribution in [-0.4, -0.2) is 15.6 Å². The van der Waals surface area contributed by atoms with Gasteiger partial charge in [-0.3, -0.25) is 4.79 Å². The van der Waals surface area contributed by atoms with E-state index in [2.05, 4.69) is 19.9 Å². The fourth-order valence-electron chi connectivity index (χ4n) is 4.80. The van der Waals surface area contributed by atoms with E-state index in [9.17, 15) is 14.7 Å². The molecule has 7 heteroatoms. The summed E-state index contributed by atoms with van der Waals surface area (Å²) < 4.78 is 1.96. The van der Waals surface area contributed by atoms with E-state index < -0.39 is 11.4 Å². The minimum Gasteiger partial charge on any atom is -0.477 e. The van der Waals surface area contributed by atoms with Crippen LogP contribution in [0.5, 0.6) is 0 Å². The minimum absolute atomic E-state index is 0.00382. The Kier molecular flexibility index (Phi) is 4.37. The smallest absolute Gasteiger partial charge is 0.341 e. The largest absolute Gasteiger partial charge is 0.477 e. The van der Waals surface area contributed by atoms with E-state index in [1.165, 1.54) is 16.6 Å². The number of aromatic nitrogens is 1. The summed E-state index contributed by atoms with van der Waals surface area (Å²) in [6.07, 6.45) is 5.49. The second-order valence-corrected chi connectivity index (χ2v) is 10.7. The number of nitrogens with zero attached hydrogens (tertiary/aromatic N) is 1. The first-order valence-corrected chi connectivity index (χ1v) is 11.5. The SMILES string of the molecule is Cc1c(-c2cc3c(s2)C(N)C(C)(C)CC3)cc(N)c2c(=O)c(C(=O)O)cn(C3CC3)c12. The number of aryl methyl sites for hydroxylation is 2. The fourth-order valence-corrected chi connectivity index (χ4v) is 6.29. The molecule has 5 rings (SSSR count). The number of carboxylic acids is 1. The van der Waals surface area contributed by atoms with E-state index in [4.69, 9.17) is 11.5 Å². The minimum atomic E-state index is -1.22. The van der Waals surface area contributed by atoms with Gasteiger partial charge in [-0.15, -0.1) is 11.3 Å². The molecule has 1 aromatic carbocycles.